The quantitative estimate of drug-likeness (QED) is 0.305. The molecular weight excluding hydrogens is 125 g/mol. The normalized spacial score (nSPS) is 10.8. The molecule has 0 amide bonds. The van der Waals surface area contributed by atoms with Crippen LogP contribution >= 0.6 is 0 Å². The van der Waals surface area contributed by atoms with Crippen molar-refractivity contribution in [3.63, 3.8) is 0 Å². The second-order valence-corrected chi connectivity index (χ2v) is 2.67. The van der Waals surface area contributed by atoms with Crippen molar-refractivity contribution in [2.75, 3.05) is 6.26 Å². The van der Waals surface area contributed by atoms with E-state index in [0.29, 0.717) is 0 Å². The topological polar surface area (TPSA) is 23.1 Å². The van der Waals surface area contributed by atoms with Crippen molar-refractivity contribution in [2.45, 2.75) is 0 Å². The molecule has 0 aromatic carbocycles. The van der Waals surface area contributed by atoms with Crippen LogP contribution in [0.25, 0.3) is 0 Å². The molecule has 0 fully saturated rings. The first-order valence-corrected chi connectivity index (χ1v) is 4.10. The second-order valence-electron chi connectivity index (χ2n) is 1.40. The summed E-state index contributed by atoms with van der Waals surface area (Å²) in [6.45, 7) is 6.51. The molecule has 0 heterocycles. The predicted molar refractivity (Wildman–Crippen MR) is 48.6 cm³/mol. The maximum atomic E-state index is 10.4. The van der Waals surface area contributed by atoms with Crippen molar-refractivity contribution in [1.29, 1.82) is 0 Å². The van der Waals surface area contributed by atoms with Gasteiger partial charge in [-0.05, 0) is 0 Å². The van der Waals surface area contributed by atoms with Gasteiger partial charge in [-0.15, -0.1) is 0 Å². The van der Waals surface area contributed by atoms with E-state index in [4.69, 9.17) is 7.37 Å². The molecule has 0 aliphatic rings. The van der Waals surface area contributed by atoms with E-state index >= 15 is 0 Å². The van der Waals surface area contributed by atoms with E-state index in [-0.39, 0.29) is 0 Å². The van der Waals surface area contributed by atoms with Crippen LogP contribution < -0.4 is 0 Å². The van der Waals surface area contributed by atoms with Gasteiger partial charge in [0.15, 0.2) is 0 Å². The molecule has 0 aromatic rings. The van der Waals surface area contributed by atoms with Gasteiger partial charge in [0, 0.05) is 0 Å². The third kappa shape index (κ3) is 8.70. The third-order valence-electron chi connectivity index (χ3n) is 0.604. The number of hydrogen-bond acceptors (Lipinski definition) is 1. The SMILES string of the molecule is [B]=BB=BB=B[S+](C)[O-]. The molecule has 1 radical (unpaired) electrons. The van der Waals surface area contributed by atoms with Crippen LogP contribution in [0.5, 0.6) is 0 Å². The molecule has 0 spiro atoms. The second kappa shape index (κ2) is 6.81. The van der Waals surface area contributed by atoms with E-state index in [1.807, 2.05) is 0 Å². The molecule has 0 aliphatic heterocycles. The summed E-state index contributed by atoms with van der Waals surface area (Å²) >= 11 is -0.856. The zero-order valence-corrected chi connectivity index (χ0v) is 6.10. The van der Waals surface area contributed by atoms with Crippen LogP contribution in [-0.4, -0.2) is 51.0 Å². The van der Waals surface area contributed by atoms with E-state index in [9.17, 15) is 4.55 Å². The van der Waals surface area contributed by atoms with E-state index in [1.54, 1.807) is 32.4 Å². The monoisotopic (exact) mass is 129 g/mol. The van der Waals surface area contributed by atoms with Crippen molar-refractivity contribution in [3.8, 4) is 0 Å². The summed E-state index contributed by atoms with van der Waals surface area (Å²) in [5.74, 6) is 0. The van der Waals surface area contributed by atoms with Gasteiger partial charge in [-0.2, -0.15) is 0 Å². The molecule has 0 bridgehead atoms. The minimum absolute atomic E-state index is 0.856. The Morgan fingerprint density at radius 2 is 2.00 bits per heavy atom. The fourth-order valence-electron chi connectivity index (χ4n) is 0.284. The Bertz CT molecular complexity index is 129. The third-order valence-corrected chi connectivity index (χ3v) is 1.14. The first-order valence-electron chi connectivity index (χ1n) is 2.48. The van der Waals surface area contributed by atoms with Crippen LogP contribution in [0, 0.1) is 0 Å². The number of hydrogen-bond donors (Lipinski definition) is 0. The standard InChI is InChI=1S/CH3B6OS/c1-9(8)7-6-5-4-3-2/h1H3. The van der Waals surface area contributed by atoms with E-state index in [1.165, 1.54) is 6.69 Å². The molecule has 1 nitrogen and oxygen atoms in total. The molecule has 37 valence electrons. The minimum atomic E-state index is -0.856. The van der Waals surface area contributed by atoms with Crippen molar-refractivity contribution in [3.05, 3.63) is 0 Å². The zero-order valence-electron chi connectivity index (χ0n) is 5.28. The molecule has 8 heteroatoms. The van der Waals surface area contributed by atoms with E-state index in [0.717, 1.165) is 0 Å². The van der Waals surface area contributed by atoms with E-state index < -0.39 is 11.0 Å². The fourth-order valence-corrected chi connectivity index (χ4v) is 0.596. The van der Waals surface area contributed by atoms with Gasteiger partial charge in [-0.25, -0.2) is 0 Å². The number of rotatable bonds is 3. The molecule has 0 aliphatic carbocycles. The van der Waals surface area contributed by atoms with Gasteiger partial charge >= 0.3 is 62.1 Å². The van der Waals surface area contributed by atoms with Crippen LogP contribution in [0.3, 0.4) is 0 Å². The Hall–Kier alpha value is 0.700. The Morgan fingerprint density at radius 3 is 2.44 bits per heavy atom. The molecule has 0 saturated carbocycles. The van der Waals surface area contributed by atoms with Gasteiger partial charge < -0.3 is 0 Å². The average molecular weight is 128 g/mol. The Kier molecular flexibility index (Phi) is 7.34. The molecule has 9 heavy (non-hydrogen) atoms. The maximum absolute atomic E-state index is 10.4. The summed E-state index contributed by atoms with van der Waals surface area (Å²) < 4.78 is 10.4. The molecule has 0 N–H and O–H groups in total. The predicted octanol–water partition coefficient (Wildman–Crippen LogP) is -2.46. The molecular formula is CH3B6OS. The van der Waals surface area contributed by atoms with Crippen LogP contribution in [0.1, 0.15) is 0 Å². The van der Waals surface area contributed by atoms with Gasteiger partial charge in [0.1, 0.15) is 0 Å². The van der Waals surface area contributed by atoms with Crippen molar-refractivity contribution in [2.24, 2.45) is 0 Å². The van der Waals surface area contributed by atoms with E-state index in [2.05, 4.69) is 0 Å². The Morgan fingerprint density at radius 1 is 1.33 bits per heavy atom. The Balaban J connectivity index is 3.46. The van der Waals surface area contributed by atoms with Crippen molar-refractivity contribution < 1.29 is 4.55 Å². The first-order chi connectivity index (χ1) is 4.27. The molecule has 1 atom stereocenters. The van der Waals surface area contributed by atoms with Gasteiger partial charge in [0.2, 0.25) is 0 Å². The molecule has 0 saturated heterocycles. The van der Waals surface area contributed by atoms with Crippen LogP contribution in [0.15, 0.2) is 0 Å². The zero-order chi connectivity index (χ0) is 7.11. The van der Waals surface area contributed by atoms with Crippen molar-refractivity contribution in [1.82, 2.24) is 0 Å². The Labute approximate surface area is 62.5 Å². The summed E-state index contributed by atoms with van der Waals surface area (Å²) in [6.07, 6.45) is 3.19. The summed E-state index contributed by atoms with van der Waals surface area (Å²) in [5, 5.41) is 0. The average Bonchev–Trinajstić information content (AvgIpc) is 1.80. The summed E-state index contributed by atoms with van der Waals surface area (Å²) in [6, 6.07) is 0. The fraction of sp³-hybridized carbons (Fsp3) is 1.00. The van der Waals surface area contributed by atoms with Crippen molar-refractivity contribution >= 4 is 51.2 Å². The molecule has 0 rings (SSSR count). The van der Waals surface area contributed by atoms with Gasteiger partial charge in [0.05, 0.1) is 0 Å². The van der Waals surface area contributed by atoms with Crippen LogP contribution in [0.4, 0.5) is 0 Å². The summed E-state index contributed by atoms with van der Waals surface area (Å²) in [5.41, 5.74) is 0. The molecule has 0 aromatic heterocycles. The summed E-state index contributed by atoms with van der Waals surface area (Å²) in [4.78, 5) is 0. The van der Waals surface area contributed by atoms with Gasteiger partial charge in [-0.1, -0.05) is 0 Å². The van der Waals surface area contributed by atoms with Gasteiger partial charge in [-0.3, -0.25) is 0 Å². The first kappa shape index (κ1) is 9.70. The summed E-state index contributed by atoms with van der Waals surface area (Å²) in [7, 11) is 5.02. The van der Waals surface area contributed by atoms with Crippen LogP contribution in [0.2, 0.25) is 0 Å². The van der Waals surface area contributed by atoms with Gasteiger partial charge in [0.25, 0.3) is 0 Å². The van der Waals surface area contributed by atoms with Crippen LogP contribution in [-0.2, 0) is 11.0 Å². The molecule has 1 unspecified atom stereocenters.